The van der Waals surface area contributed by atoms with Gasteiger partial charge in [0.15, 0.2) is 0 Å². The van der Waals surface area contributed by atoms with Gasteiger partial charge in [-0.15, -0.1) is 0 Å². The molecule has 0 radical (unpaired) electrons. The molecule has 4 fully saturated rings. The lowest BCUT2D eigenvalue weighted by Gasteiger charge is -2.62. The first-order valence-corrected chi connectivity index (χ1v) is 15.4. The zero-order valence-corrected chi connectivity index (χ0v) is 23.1. The number of hydrogen-bond acceptors (Lipinski definition) is 2. The number of aliphatic hydroxyl groups excluding tert-OH is 1. The highest BCUT2D eigenvalue weighted by molar-refractivity contribution is 5.35. The lowest BCUT2D eigenvalue weighted by molar-refractivity contribution is -0.162. The van der Waals surface area contributed by atoms with Crippen LogP contribution in [0.15, 0.2) is 60.7 Å². The van der Waals surface area contributed by atoms with E-state index in [1.165, 1.54) is 57.8 Å². The highest BCUT2D eigenvalue weighted by Crippen LogP contribution is 2.68. The Hall–Kier alpha value is -1.64. The molecule has 8 atom stereocenters. The van der Waals surface area contributed by atoms with E-state index in [4.69, 9.17) is 0 Å². The van der Waals surface area contributed by atoms with E-state index in [0.29, 0.717) is 28.6 Å². The van der Waals surface area contributed by atoms with Crippen LogP contribution >= 0.6 is 0 Å². The van der Waals surface area contributed by atoms with Crippen LogP contribution in [0.5, 0.6) is 0 Å². The average Bonchev–Trinajstić information content (AvgIpc) is 3.26. The molecule has 0 aromatic heterocycles. The Morgan fingerprint density at radius 1 is 0.784 bits per heavy atom. The SMILES string of the molecule is CC12CCC3C(C(O)CC4CCCCC43C)C1CCC2CCCC(O)(c1ccccc1)c1ccccc1. The summed E-state index contributed by atoms with van der Waals surface area (Å²) < 4.78 is 0. The van der Waals surface area contributed by atoms with Gasteiger partial charge in [-0.05, 0) is 116 Å². The number of benzene rings is 2. The summed E-state index contributed by atoms with van der Waals surface area (Å²) in [4.78, 5) is 0. The smallest absolute Gasteiger partial charge is 0.115 e. The van der Waals surface area contributed by atoms with Crippen molar-refractivity contribution in [3.05, 3.63) is 71.8 Å². The first kappa shape index (κ1) is 25.6. The second-order valence-corrected chi connectivity index (χ2v) is 13.8. The molecule has 4 aliphatic rings. The van der Waals surface area contributed by atoms with Gasteiger partial charge in [0.1, 0.15) is 5.60 Å². The summed E-state index contributed by atoms with van der Waals surface area (Å²) in [5.74, 6) is 3.35. The maximum Gasteiger partial charge on any atom is 0.115 e. The highest BCUT2D eigenvalue weighted by Gasteiger charge is 2.61. The lowest BCUT2D eigenvalue weighted by Crippen LogP contribution is -2.57. The Bertz CT molecular complexity index is 1010. The van der Waals surface area contributed by atoms with Gasteiger partial charge >= 0.3 is 0 Å². The summed E-state index contributed by atoms with van der Waals surface area (Å²) in [5, 5.41) is 23.5. The van der Waals surface area contributed by atoms with Crippen LogP contribution in [0.2, 0.25) is 0 Å². The molecule has 37 heavy (non-hydrogen) atoms. The van der Waals surface area contributed by atoms with Crippen LogP contribution in [0.25, 0.3) is 0 Å². The predicted molar refractivity (Wildman–Crippen MR) is 151 cm³/mol. The van der Waals surface area contributed by atoms with E-state index < -0.39 is 5.60 Å². The Kier molecular flexibility index (Phi) is 6.81. The van der Waals surface area contributed by atoms with Crippen molar-refractivity contribution in [3.8, 4) is 0 Å². The van der Waals surface area contributed by atoms with Gasteiger partial charge in [-0.3, -0.25) is 0 Å². The average molecular weight is 501 g/mol. The van der Waals surface area contributed by atoms with E-state index >= 15 is 0 Å². The van der Waals surface area contributed by atoms with Crippen molar-refractivity contribution >= 4 is 0 Å². The van der Waals surface area contributed by atoms with Gasteiger partial charge in [-0.2, -0.15) is 0 Å². The summed E-state index contributed by atoms with van der Waals surface area (Å²) in [6, 6.07) is 20.5. The molecule has 2 aromatic rings. The van der Waals surface area contributed by atoms with Crippen LogP contribution in [-0.2, 0) is 5.60 Å². The van der Waals surface area contributed by atoms with Crippen LogP contribution < -0.4 is 0 Å². The molecule has 2 N–H and O–H groups in total. The molecule has 2 aromatic carbocycles. The van der Waals surface area contributed by atoms with Gasteiger partial charge in [0.25, 0.3) is 0 Å². The summed E-state index contributed by atoms with van der Waals surface area (Å²) in [7, 11) is 0. The molecule has 4 saturated carbocycles. The molecular formula is C35H48O2. The van der Waals surface area contributed by atoms with Gasteiger partial charge in [0, 0.05) is 0 Å². The third kappa shape index (κ3) is 4.22. The molecule has 0 heterocycles. The van der Waals surface area contributed by atoms with E-state index in [1.54, 1.807) is 0 Å². The first-order valence-electron chi connectivity index (χ1n) is 15.4. The second kappa shape index (κ2) is 9.83. The predicted octanol–water partition coefficient (Wildman–Crippen LogP) is 8.11. The summed E-state index contributed by atoms with van der Waals surface area (Å²) in [6.07, 6.45) is 14.7. The minimum absolute atomic E-state index is 0.0918. The van der Waals surface area contributed by atoms with Crippen LogP contribution in [0.3, 0.4) is 0 Å². The Morgan fingerprint density at radius 3 is 2.11 bits per heavy atom. The van der Waals surface area contributed by atoms with Crippen molar-refractivity contribution < 1.29 is 10.2 Å². The summed E-state index contributed by atoms with van der Waals surface area (Å²) in [5.41, 5.74) is 1.86. The van der Waals surface area contributed by atoms with E-state index in [0.717, 1.165) is 42.2 Å². The van der Waals surface area contributed by atoms with Gasteiger partial charge in [0.05, 0.1) is 6.10 Å². The minimum atomic E-state index is -0.941. The number of aliphatic hydroxyl groups is 2. The highest BCUT2D eigenvalue weighted by atomic mass is 16.3. The quantitative estimate of drug-likeness (QED) is 0.420. The number of fused-ring (bicyclic) bond motifs is 5. The molecule has 0 amide bonds. The van der Waals surface area contributed by atoms with E-state index in [1.807, 2.05) is 36.4 Å². The molecule has 0 aliphatic heterocycles. The normalized spacial score (nSPS) is 39.5. The fraction of sp³-hybridized carbons (Fsp3) is 0.657. The largest absolute Gasteiger partial charge is 0.393 e. The molecule has 0 saturated heterocycles. The van der Waals surface area contributed by atoms with Crippen molar-refractivity contribution in [2.75, 3.05) is 0 Å². The molecule has 200 valence electrons. The maximum absolute atomic E-state index is 12.0. The zero-order chi connectivity index (χ0) is 25.7. The standard InChI is InChI=1S/C35H48O2/c1-33-21-10-9-16-28(33)24-31(36)32-29-19-18-25(34(29,2)23-20-30(32)33)17-11-22-35(37,26-12-5-3-6-13-26)27-14-7-4-8-15-27/h3-8,12-15,25,28-32,36-37H,9-11,16-24H2,1-2H3. The Balaban J connectivity index is 1.18. The van der Waals surface area contributed by atoms with Crippen molar-refractivity contribution in [1.29, 1.82) is 0 Å². The van der Waals surface area contributed by atoms with Crippen molar-refractivity contribution in [3.63, 3.8) is 0 Å². The van der Waals surface area contributed by atoms with Gasteiger partial charge in [-0.1, -0.05) is 87.4 Å². The monoisotopic (exact) mass is 500 g/mol. The van der Waals surface area contributed by atoms with Crippen LogP contribution in [0, 0.1) is 40.4 Å². The fourth-order valence-electron chi connectivity index (χ4n) is 10.3. The van der Waals surface area contributed by atoms with Crippen LogP contribution in [-0.4, -0.2) is 16.3 Å². The van der Waals surface area contributed by atoms with Gasteiger partial charge < -0.3 is 10.2 Å². The third-order valence-corrected chi connectivity index (χ3v) is 12.4. The molecule has 4 aliphatic carbocycles. The number of hydrogen-bond donors (Lipinski definition) is 2. The second-order valence-electron chi connectivity index (χ2n) is 13.8. The molecule has 2 heteroatoms. The molecule has 6 rings (SSSR count). The first-order chi connectivity index (χ1) is 17.9. The van der Waals surface area contributed by atoms with Crippen molar-refractivity contribution in [2.45, 2.75) is 103 Å². The third-order valence-electron chi connectivity index (χ3n) is 12.4. The maximum atomic E-state index is 12.0. The van der Waals surface area contributed by atoms with Gasteiger partial charge in [0.2, 0.25) is 0 Å². The Morgan fingerprint density at radius 2 is 1.43 bits per heavy atom. The molecular weight excluding hydrogens is 452 g/mol. The topological polar surface area (TPSA) is 40.5 Å². The molecule has 0 bridgehead atoms. The molecule has 8 unspecified atom stereocenters. The summed E-state index contributed by atoms with van der Waals surface area (Å²) >= 11 is 0. The van der Waals surface area contributed by atoms with Gasteiger partial charge in [-0.25, -0.2) is 0 Å². The summed E-state index contributed by atoms with van der Waals surface area (Å²) in [6.45, 7) is 5.18. The van der Waals surface area contributed by atoms with Crippen molar-refractivity contribution in [1.82, 2.24) is 0 Å². The Labute approximate surface area is 224 Å². The van der Waals surface area contributed by atoms with Crippen LogP contribution in [0.1, 0.15) is 102 Å². The molecule has 2 nitrogen and oxygen atoms in total. The lowest BCUT2D eigenvalue weighted by atomic mass is 9.44. The van der Waals surface area contributed by atoms with E-state index in [9.17, 15) is 10.2 Å². The van der Waals surface area contributed by atoms with E-state index in [2.05, 4.69) is 38.1 Å². The zero-order valence-electron chi connectivity index (χ0n) is 23.1. The fourth-order valence-corrected chi connectivity index (χ4v) is 10.3. The van der Waals surface area contributed by atoms with Crippen LogP contribution in [0.4, 0.5) is 0 Å². The van der Waals surface area contributed by atoms with E-state index in [-0.39, 0.29) is 6.10 Å². The van der Waals surface area contributed by atoms with Crippen molar-refractivity contribution in [2.24, 2.45) is 40.4 Å². The molecule has 0 spiro atoms. The minimum Gasteiger partial charge on any atom is -0.393 e. The number of rotatable bonds is 6.